The molecule has 0 saturated carbocycles. The van der Waals surface area contributed by atoms with Gasteiger partial charge in [0.1, 0.15) is 0 Å². The third-order valence-corrected chi connectivity index (χ3v) is 2.87. The Bertz CT molecular complexity index is 129. The Morgan fingerprint density at radius 3 is 2.08 bits per heavy atom. The van der Waals surface area contributed by atoms with Gasteiger partial charge in [0.05, 0.1) is 27.2 Å². The molecule has 0 N–H and O–H groups in total. The number of nitrogens with zero attached hydrogens (tertiary/aromatic N) is 1. The average molecular weight is 188 g/mol. The monoisotopic (exact) mass is 188 g/mol. The topological polar surface area (TPSA) is 0 Å². The van der Waals surface area contributed by atoms with Gasteiger partial charge in [-0.3, -0.25) is 0 Å². The third kappa shape index (κ3) is 4.66. The van der Waals surface area contributed by atoms with Crippen LogP contribution in [0.5, 0.6) is 0 Å². The summed E-state index contributed by atoms with van der Waals surface area (Å²) in [6.45, 7) is 7.47. The van der Waals surface area contributed by atoms with Gasteiger partial charge in [0.2, 0.25) is 0 Å². The van der Waals surface area contributed by atoms with Crippen LogP contribution in [-0.2, 0) is 0 Å². The van der Waals surface area contributed by atoms with Crippen LogP contribution in [0.4, 0.5) is 0 Å². The lowest BCUT2D eigenvalue weighted by molar-refractivity contribution is -0.902. The number of hydrogen-bond donors (Lipinski definition) is 0. The summed E-state index contributed by atoms with van der Waals surface area (Å²) in [7, 11) is 4.72. The van der Waals surface area contributed by atoms with Gasteiger partial charge in [0.15, 0.2) is 0 Å². The molecule has 2 atom stereocenters. The Morgan fingerprint density at radius 1 is 1.15 bits per heavy atom. The zero-order valence-corrected chi connectivity index (χ0v) is 8.43. The summed E-state index contributed by atoms with van der Waals surface area (Å²) in [5.41, 5.74) is 0. The molecule has 0 aliphatic carbocycles. The predicted octanol–water partition coefficient (Wildman–Crippen LogP) is 3.40. The molecular formula is C12H30N+. The number of piperidine rings is 1. The van der Waals surface area contributed by atoms with E-state index in [1.165, 1.54) is 30.4 Å². The van der Waals surface area contributed by atoms with Gasteiger partial charge in [0.25, 0.3) is 0 Å². The molecule has 1 heteroatoms. The third-order valence-electron chi connectivity index (χ3n) is 2.87. The molecule has 1 aliphatic rings. The van der Waals surface area contributed by atoms with Gasteiger partial charge < -0.3 is 4.48 Å². The van der Waals surface area contributed by atoms with Crippen molar-refractivity contribution in [2.45, 2.75) is 41.5 Å². The van der Waals surface area contributed by atoms with E-state index in [1.807, 2.05) is 0 Å². The lowest BCUT2D eigenvalue weighted by Gasteiger charge is -2.40. The molecule has 1 nitrogen and oxygen atoms in total. The molecule has 0 spiro atoms. The Labute approximate surface area is 85.7 Å². The fourth-order valence-corrected chi connectivity index (χ4v) is 2.63. The first-order chi connectivity index (χ1) is 5.03. The van der Waals surface area contributed by atoms with E-state index in [0.717, 1.165) is 11.8 Å². The highest BCUT2D eigenvalue weighted by molar-refractivity contribution is 4.66. The van der Waals surface area contributed by atoms with E-state index < -0.39 is 0 Å². The molecule has 0 bridgehead atoms. The van der Waals surface area contributed by atoms with Crippen molar-refractivity contribution in [3.05, 3.63) is 0 Å². The summed E-state index contributed by atoms with van der Waals surface area (Å²) in [6.07, 6.45) is 2.82. The zero-order chi connectivity index (χ0) is 8.48. The van der Waals surface area contributed by atoms with Crippen LogP contribution in [0.3, 0.4) is 0 Å². The van der Waals surface area contributed by atoms with Gasteiger partial charge in [-0.1, -0.05) is 28.7 Å². The van der Waals surface area contributed by atoms with Gasteiger partial charge in [-0.2, -0.15) is 0 Å². The van der Waals surface area contributed by atoms with Crippen LogP contribution >= 0.6 is 0 Å². The van der Waals surface area contributed by atoms with Gasteiger partial charge in [-0.25, -0.2) is 0 Å². The highest BCUT2D eigenvalue weighted by Crippen LogP contribution is 2.26. The predicted molar refractivity (Wildman–Crippen MR) is 62.9 cm³/mol. The Balaban J connectivity index is 0. The van der Waals surface area contributed by atoms with Gasteiger partial charge >= 0.3 is 0 Å². The normalized spacial score (nSPS) is 31.4. The molecule has 0 aromatic rings. The first-order valence-electron chi connectivity index (χ1n) is 4.85. The van der Waals surface area contributed by atoms with E-state index in [-0.39, 0.29) is 14.9 Å². The summed E-state index contributed by atoms with van der Waals surface area (Å²) < 4.78 is 1.24. The van der Waals surface area contributed by atoms with Crippen LogP contribution in [0.1, 0.15) is 41.5 Å². The molecule has 0 amide bonds. The summed E-state index contributed by atoms with van der Waals surface area (Å²) in [5, 5.41) is 0. The smallest absolute Gasteiger partial charge is 0.0811 e. The maximum absolute atomic E-state index is 2.39. The summed E-state index contributed by atoms with van der Waals surface area (Å²) in [6, 6.07) is 0. The maximum Gasteiger partial charge on any atom is 0.0811 e. The highest BCUT2D eigenvalue weighted by Gasteiger charge is 2.30. The van der Waals surface area contributed by atoms with Crippen molar-refractivity contribution in [2.75, 3.05) is 27.2 Å². The molecule has 0 radical (unpaired) electrons. The van der Waals surface area contributed by atoms with Crippen LogP contribution in [-0.4, -0.2) is 31.7 Å². The van der Waals surface area contributed by atoms with Crippen molar-refractivity contribution in [1.82, 2.24) is 0 Å². The van der Waals surface area contributed by atoms with Crippen LogP contribution in [0.15, 0.2) is 0 Å². The van der Waals surface area contributed by atoms with Gasteiger partial charge in [-0.05, 0) is 12.8 Å². The second kappa shape index (κ2) is 5.64. The first kappa shape index (κ1) is 15.4. The molecule has 0 aromatic carbocycles. The first-order valence-corrected chi connectivity index (χ1v) is 4.85. The fraction of sp³-hybridized carbons (Fsp3) is 1.00. The van der Waals surface area contributed by atoms with Gasteiger partial charge in [-0.15, -0.1) is 0 Å². The number of rotatable bonds is 1. The summed E-state index contributed by atoms with van der Waals surface area (Å²) >= 11 is 0. The Hall–Kier alpha value is -0.0400. The fourth-order valence-electron chi connectivity index (χ4n) is 2.63. The van der Waals surface area contributed by atoms with Crippen molar-refractivity contribution >= 4 is 0 Å². The molecule has 2 unspecified atom stereocenters. The minimum absolute atomic E-state index is 0. The molecule has 1 heterocycles. The number of likely N-dealkylation sites (tertiary alicyclic amines) is 1. The molecule has 1 rings (SSSR count). The molecule has 13 heavy (non-hydrogen) atoms. The molecule has 1 saturated heterocycles. The minimum atomic E-state index is 0. The second-order valence-electron chi connectivity index (χ2n) is 4.92. The van der Waals surface area contributed by atoms with Crippen molar-refractivity contribution in [3.8, 4) is 0 Å². The van der Waals surface area contributed by atoms with E-state index in [0.29, 0.717) is 0 Å². The standard InChI is InChI=1S/C10H22N.2CH4/c1-5-10-6-9(2)7-11(3,4)8-10;;/h9-10H,5-8H2,1-4H3;2*1H4/q+1;;. The van der Waals surface area contributed by atoms with Crippen molar-refractivity contribution in [1.29, 1.82) is 0 Å². The van der Waals surface area contributed by atoms with Crippen molar-refractivity contribution in [3.63, 3.8) is 0 Å². The molecule has 1 aliphatic heterocycles. The summed E-state index contributed by atoms with van der Waals surface area (Å²) in [4.78, 5) is 0. The van der Waals surface area contributed by atoms with Crippen LogP contribution in [0.25, 0.3) is 0 Å². The average Bonchev–Trinajstić information content (AvgIpc) is 1.83. The molecule has 0 aromatic heterocycles. The molecular weight excluding hydrogens is 158 g/mol. The maximum atomic E-state index is 2.39. The van der Waals surface area contributed by atoms with Crippen LogP contribution in [0, 0.1) is 11.8 Å². The largest absolute Gasteiger partial charge is 0.328 e. The Kier molecular flexibility index (Phi) is 6.70. The molecule has 1 fully saturated rings. The minimum Gasteiger partial charge on any atom is -0.328 e. The van der Waals surface area contributed by atoms with Crippen molar-refractivity contribution < 1.29 is 4.48 Å². The molecule has 82 valence electrons. The van der Waals surface area contributed by atoms with E-state index >= 15 is 0 Å². The second-order valence-corrected chi connectivity index (χ2v) is 4.92. The number of quaternary nitrogens is 1. The lowest BCUT2D eigenvalue weighted by atomic mass is 9.88. The van der Waals surface area contributed by atoms with E-state index in [1.54, 1.807) is 0 Å². The van der Waals surface area contributed by atoms with Crippen LogP contribution < -0.4 is 0 Å². The van der Waals surface area contributed by atoms with Crippen LogP contribution in [0.2, 0.25) is 0 Å². The summed E-state index contributed by atoms with van der Waals surface area (Å²) in [5.74, 6) is 1.91. The van der Waals surface area contributed by atoms with E-state index in [2.05, 4.69) is 27.9 Å². The van der Waals surface area contributed by atoms with E-state index in [4.69, 9.17) is 0 Å². The number of hydrogen-bond acceptors (Lipinski definition) is 0. The van der Waals surface area contributed by atoms with Gasteiger partial charge in [0, 0.05) is 11.8 Å². The zero-order valence-electron chi connectivity index (χ0n) is 8.43. The highest BCUT2D eigenvalue weighted by atomic mass is 15.3. The quantitative estimate of drug-likeness (QED) is 0.553. The van der Waals surface area contributed by atoms with E-state index in [9.17, 15) is 0 Å². The van der Waals surface area contributed by atoms with Crippen molar-refractivity contribution in [2.24, 2.45) is 11.8 Å². The SMILES string of the molecule is C.C.CCC1CC(C)C[N+](C)(C)C1. The lowest BCUT2D eigenvalue weighted by Crippen LogP contribution is -2.50. The Morgan fingerprint density at radius 2 is 1.69 bits per heavy atom.